The molecule has 0 radical (unpaired) electrons. The van der Waals surface area contributed by atoms with Crippen LogP contribution in [0.1, 0.15) is 45.0 Å². The Hall–Kier alpha value is -0.610. The zero-order valence-electron chi connectivity index (χ0n) is 10.5. The molecule has 2 nitrogen and oxygen atoms in total. The fraction of sp³-hybridized carbons (Fsp3) is 0.583. The van der Waals surface area contributed by atoms with Gasteiger partial charge in [-0.1, -0.05) is 11.9 Å². The van der Waals surface area contributed by atoms with Crippen LogP contribution in [0.5, 0.6) is 0 Å². The molecule has 0 spiro atoms. The van der Waals surface area contributed by atoms with Crippen molar-refractivity contribution in [1.29, 1.82) is 0 Å². The predicted molar refractivity (Wildman–Crippen MR) is 67.8 cm³/mol. The summed E-state index contributed by atoms with van der Waals surface area (Å²) in [5, 5.41) is 0. The second kappa shape index (κ2) is 5.15. The molecule has 1 aromatic heterocycles. The first kappa shape index (κ1) is 13.5. The van der Waals surface area contributed by atoms with Crippen molar-refractivity contribution in [3.8, 4) is 0 Å². The minimum Gasteiger partial charge on any atom is -0.257 e. The molecule has 16 heavy (non-hydrogen) atoms. The number of nitrogens with one attached hydrogen (secondary N) is 1. The highest BCUT2D eigenvalue weighted by atomic mass is 32.2. The van der Waals surface area contributed by atoms with Gasteiger partial charge < -0.3 is 0 Å². The summed E-state index contributed by atoms with van der Waals surface area (Å²) in [5.41, 5.74) is 1.51. The molecule has 0 amide bonds. The zero-order valence-corrected chi connectivity index (χ0v) is 11.3. The van der Waals surface area contributed by atoms with E-state index in [4.69, 9.17) is 0 Å². The Morgan fingerprint density at radius 3 is 2.56 bits per heavy atom. The average Bonchev–Trinajstić information content (AvgIpc) is 2.17. The fourth-order valence-corrected chi connectivity index (χ4v) is 1.77. The van der Waals surface area contributed by atoms with E-state index >= 15 is 0 Å². The lowest BCUT2D eigenvalue weighted by atomic mass is 10.2. The molecule has 4 heteroatoms. The molecule has 0 aromatic carbocycles. The minimum atomic E-state index is -0.251. The number of aromatic nitrogens is 1. The van der Waals surface area contributed by atoms with Crippen LogP contribution in [0.4, 0.5) is 4.39 Å². The van der Waals surface area contributed by atoms with Gasteiger partial charge in [0.05, 0.1) is 17.9 Å². The Bertz CT molecular complexity index is 361. The molecule has 0 saturated heterocycles. The van der Waals surface area contributed by atoms with Crippen LogP contribution in [-0.2, 0) is 0 Å². The van der Waals surface area contributed by atoms with Crippen molar-refractivity contribution in [3.63, 3.8) is 0 Å². The second-order valence-electron chi connectivity index (χ2n) is 4.91. The van der Waals surface area contributed by atoms with E-state index in [1.807, 2.05) is 6.92 Å². The van der Waals surface area contributed by atoms with Gasteiger partial charge in [0.15, 0.2) is 0 Å². The monoisotopic (exact) mass is 242 g/mol. The standard InChI is InChI=1S/C12H19FN2S/c1-8-6-11(14-7-10(8)13)9(2)15-16-12(3,4)5/h6-7,9,15H,1-5H3. The first-order valence-corrected chi connectivity index (χ1v) is 6.17. The highest BCUT2D eigenvalue weighted by Crippen LogP contribution is 2.24. The number of hydrogen-bond acceptors (Lipinski definition) is 3. The molecule has 1 atom stereocenters. The summed E-state index contributed by atoms with van der Waals surface area (Å²) >= 11 is 1.66. The lowest BCUT2D eigenvalue weighted by molar-refractivity contribution is 0.603. The van der Waals surface area contributed by atoms with Gasteiger partial charge in [-0.2, -0.15) is 0 Å². The predicted octanol–water partition coefficient (Wildman–Crippen LogP) is 3.63. The summed E-state index contributed by atoms with van der Waals surface area (Å²) < 4.78 is 16.5. The highest BCUT2D eigenvalue weighted by molar-refractivity contribution is 7.98. The number of halogens is 1. The van der Waals surface area contributed by atoms with E-state index in [1.54, 1.807) is 24.9 Å². The Kier molecular flexibility index (Phi) is 4.33. The molecule has 0 fully saturated rings. The summed E-state index contributed by atoms with van der Waals surface area (Å²) in [7, 11) is 0. The van der Waals surface area contributed by atoms with Crippen LogP contribution in [0.2, 0.25) is 0 Å². The van der Waals surface area contributed by atoms with Gasteiger partial charge in [-0.15, -0.1) is 0 Å². The summed E-state index contributed by atoms with van der Waals surface area (Å²) in [6.07, 6.45) is 1.28. The Labute approximate surface area is 101 Å². The van der Waals surface area contributed by atoms with E-state index in [0.717, 1.165) is 5.69 Å². The molecule has 1 heterocycles. The third-order valence-electron chi connectivity index (χ3n) is 2.05. The van der Waals surface area contributed by atoms with Gasteiger partial charge in [0.2, 0.25) is 0 Å². The lowest BCUT2D eigenvalue weighted by Crippen LogP contribution is -2.20. The van der Waals surface area contributed by atoms with Crippen LogP contribution in [0, 0.1) is 12.7 Å². The van der Waals surface area contributed by atoms with E-state index in [9.17, 15) is 4.39 Å². The number of hydrogen-bond donors (Lipinski definition) is 1. The van der Waals surface area contributed by atoms with E-state index in [1.165, 1.54) is 6.20 Å². The van der Waals surface area contributed by atoms with Crippen LogP contribution in [0.25, 0.3) is 0 Å². The average molecular weight is 242 g/mol. The van der Waals surface area contributed by atoms with Gasteiger partial charge in [0.25, 0.3) is 0 Å². The molecule has 0 aliphatic heterocycles. The zero-order chi connectivity index (χ0) is 12.3. The first-order valence-electron chi connectivity index (χ1n) is 5.35. The van der Waals surface area contributed by atoms with E-state index in [-0.39, 0.29) is 16.6 Å². The van der Waals surface area contributed by atoms with Crippen LogP contribution in [0.3, 0.4) is 0 Å². The molecular formula is C12H19FN2S. The Morgan fingerprint density at radius 2 is 2.06 bits per heavy atom. The molecule has 0 saturated carbocycles. The molecule has 1 aromatic rings. The third-order valence-corrected chi connectivity index (χ3v) is 3.14. The minimum absolute atomic E-state index is 0.114. The molecule has 0 aliphatic carbocycles. The lowest BCUT2D eigenvalue weighted by Gasteiger charge is -2.21. The summed E-state index contributed by atoms with van der Waals surface area (Å²) in [6.45, 7) is 10.2. The second-order valence-corrected chi connectivity index (χ2v) is 6.58. The Morgan fingerprint density at radius 1 is 1.44 bits per heavy atom. The van der Waals surface area contributed by atoms with Crippen molar-refractivity contribution in [3.05, 3.63) is 29.3 Å². The van der Waals surface area contributed by atoms with Crippen LogP contribution >= 0.6 is 11.9 Å². The van der Waals surface area contributed by atoms with Crippen molar-refractivity contribution in [2.45, 2.75) is 45.4 Å². The molecular weight excluding hydrogens is 223 g/mol. The molecule has 1 N–H and O–H groups in total. The number of pyridine rings is 1. The van der Waals surface area contributed by atoms with Gasteiger partial charge in [0, 0.05) is 4.75 Å². The quantitative estimate of drug-likeness (QED) is 0.819. The number of nitrogens with zero attached hydrogens (tertiary/aromatic N) is 1. The first-order chi connectivity index (χ1) is 7.29. The van der Waals surface area contributed by atoms with E-state index in [2.05, 4.69) is 30.5 Å². The maximum Gasteiger partial charge on any atom is 0.144 e. The third kappa shape index (κ3) is 4.10. The molecule has 1 unspecified atom stereocenters. The van der Waals surface area contributed by atoms with Crippen molar-refractivity contribution in [1.82, 2.24) is 9.71 Å². The normalized spacial score (nSPS) is 13.9. The van der Waals surface area contributed by atoms with Gasteiger partial charge in [-0.25, -0.2) is 4.39 Å². The topological polar surface area (TPSA) is 24.9 Å². The van der Waals surface area contributed by atoms with Crippen LogP contribution in [-0.4, -0.2) is 9.73 Å². The summed E-state index contributed by atoms with van der Waals surface area (Å²) in [4.78, 5) is 4.09. The largest absolute Gasteiger partial charge is 0.257 e. The molecule has 90 valence electrons. The van der Waals surface area contributed by atoms with Crippen LogP contribution < -0.4 is 4.72 Å². The van der Waals surface area contributed by atoms with E-state index < -0.39 is 0 Å². The van der Waals surface area contributed by atoms with Crippen molar-refractivity contribution in [2.24, 2.45) is 0 Å². The van der Waals surface area contributed by atoms with Gasteiger partial charge >= 0.3 is 0 Å². The highest BCUT2D eigenvalue weighted by Gasteiger charge is 2.14. The summed E-state index contributed by atoms with van der Waals surface area (Å²) in [6, 6.07) is 1.90. The summed E-state index contributed by atoms with van der Waals surface area (Å²) in [5.74, 6) is -0.251. The van der Waals surface area contributed by atoms with Crippen molar-refractivity contribution in [2.75, 3.05) is 0 Å². The smallest absolute Gasteiger partial charge is 0.144 e. The maximum atomic E-state index is 13.0. The molecule has 1 rings (SSSR count). The Balaban J connectivity index is 2.66. The molecule has 0 bridgehead atoms. The van der Waals surface area contributed by atoms with Gasteiger partial charge in [0.1, 0.15) is 5.82 Å². The van der Waals surface area contributed by atoms with E-state index in [0.29, 0.717) is 5.56 Å². The van der Waals surface area contributed by atoms with Crippen molar-refractivity contribution < 1.29 is 4.39 Å². The number of rotatable bonds is 3. The van der Waals surface area contributed by atoms with Crippen LogP contribution in [0.15, 0.2) is 12.3 Å². The maximum absolute atomic E-state index is 13.0. The van der Waals surface area contributed by atoms with Gasteiger partial charge in [-0.3, -0.25) is 9.71 Å². The van der Waals surface area contributed by atoms with Gasteiger partial charge in [-0.05, 0) is 46.2 Å². The van der Waals surface area contributed by atoms with Crippen molar-refractivity contribution >= 4 is 11.9 Å². The fourth-order valence-electron chi connectivity index (χ4n) is 1.12. The number of aryl methyl sites for hydroxylation is 1. The molecule has 0 aliphatic rings. The SMILES string of the molecule is Cc1cc(C(C)NSC(C)(C)C)ncc1F.